The van der Waals surface area contributed by atoms with Gasteiger partial charge in [-0.2, -0.15) is 0 Å². The Morgan fingerprint density at radius 1 is 1.59 bits per heavy atom. The van der Waals surface area contributed by atoms with E-state index in [-0.39, 0.29) is 12.5 Å². The Kier molecular flexibility index (Phi) is 2.38. The molecule has 2 aliphatic rings. The zero-order valence-electron chi connectivity index (χ0n) is 8.94. The average molecular weight is 299 g/mol. The number of hydrogen-bond donors (Lipinski definition) is 2. The van der Waals surface area contributed by atoms with E-state index in [1.54, 1.807) is 12.1 Å². The van der Waals surface area contributed by atoms with E-state index in [0.29, 0.717) is 16.2 Å². The zero-order valence-corrected chi connectivity index (χ0v) is 10.5. The highest BCUT2D eigenvalue weighted by Gasteiger charge is 2.55. The molecule has 17 heavy (non-hydrogen) atoms. The fraction of sp³-hybridized carbons (Fsp3) is 0.455. The molecular formula is C11H11BrN2O3. The molecule has 1 fully saturated rings. The first-order valence-electron chi connectivity index (χ1n) is 5.40. The molecule has 1 amide bonds. The van der Waals surface area contributed by atoms with Crippen molar-refractivity contribution in [3.8, 4) is 5.75 Å². The minimum Gasteiger partial charge on any atom is -0.476 e. The SMILES string of the molecule is O=C1Nc2nc(Br)ccc2OC1C1(CO)CC1. The number of ether oxygens (including phenoxy) is 1. The molecule has 3 rings (SSSR count). The summed E-state index contributed by atoms with van der Waals surface area (Å²) < 4.78 is 6.30. The summed E-state index contributed by atoms with van der Waals surface area (Å²) in [7, 11) is 0. The average Bonchev–Trinajstić information content (AvgIpc) is 3.09. The largest absolute Gasteiger partial charge is 0.476 e. The van der Waals surface area contributed by atoms with Crippen LogP contribution in [0.15, 0.2) is 16.7 Å². The van der Waals surface area contributed by atoms with Gasteiger partial charge in [0.15, 0.2) is 17.7 Å². The summed E-state index contributed by atoms with van der Waals surface area (Å²) in [5.74, 6) is 0.751. The Morgan fingerprint density at radius 2 is 2.35 bits per heavy atom. The van der Waals surface area contributed by atoms with Crippen molar-refractivity contribution in [1.29, 1.82) is 0 Å². The number of nitrogens with one attached hydrogen (secondary N) is 1. The number of aliphatic hydroxyl groups excluding tert-OH is 1. The molecule has 0 bridgehead atoms. The minimum atomic E-state index is -0.608. The Balaban J connectivity index is 1.93. The van der Waals surface area contributed by atoms with Gasteiger partial charge in [-0.25, -0.2) is 4.98 Å². The van der Waals surface area contributed by atoms with Gasteiger partial charge in [0.2, 0.25) is 0 Å². The molecule has 0 aromatic carbocycles. The second-order valence-corrected chi connectivity index (χ2v) is 5.30. The van der Waals surface area contributed by atoms with Crippen LogP contribution >= 0.6 is 15.9 Å². The van der Waals surface area contributed by atoms with Crippen LogP contribution < -0.4 is 10.1 Å². The van der Waals surface area contributed by atoms with Crippen LogP contribution in [0.25, 0.3) is 0 Å². The lowest BCUT2D eigenvalue weighted by Gasteiger charge is -2.30. The number of carbonyl (C=O) groups is 1. The van der Waals surface area contributed by atoms with Crippen LogP contribution in [0.3, 0.4) is 0 Å². The van der Waals surface area contributed by atoms with Crippen LogP contribution in [0.1, 0.15) is 12.8 Å². The maximum absolute atomic E-state index is 11.9. The number of halogens is 1. The quantitative estimate of drug-likeness (QED) is 0.808. The topological polar surface area (TPSA) is 71.5 Å². The van der Waals surface area contributed by atoms with Crippen molar-refractivity contribution < 1.29 is 14.6 Å². The Labute approximate surface area is 106 Å². The van der Waals surface area contributed by atoms with Gasteiger partial charge in [0.05, 0.1) is 6.61 Å². The highest BCUT2D eigenvalue weighted by Crippen LogP contribution is 2.51. The Hall–Kier alpha value is -1.14. The van der Waals surface area contributed by atoms with Gasteiger partial charge in [-0.1, -0.05) is 0 Å². The Bertz CT molecular complexity index is 488. The molecule has 1 aromatic rings. The normalized spacial score (nSPS) is 24.6. The van der Waals surface area contributed by atoms with E-state index in [4.69, 9.17) is 4.74 Å². The van der Waals surface area contributed by atoms with E-state index in [1.807, 2.05) is 0 Å². The second-order valence-electron chi connectivity index (χ2n) is 4.49. The van der Waals surface area contributed by atoms with Crippen molar-refractivity contribution in [3.63, 3.8) is 0 Å². The zero-order chi connectivity index (χ0) is 12.0. The maximum atomic E-state index is 11.9. The number of amides is 1. The number of carbonyl (C=O) groups excluding carboxylic acids is 1. The predicted octanol–water partition coefficient (Wildman–Crippen LogP) is 1.32. The smallest absolute Gasteiger partial charge is 0.267 e. The molecule has 2 N–H and O–H groups in total. The van der Waals surface area contributed by atoms with Crippen LogP contribution in [0.4, 0.5) is 5.82 Å². The molecule has 0 spiro atoms. The summed E-state index contributed by atoms with van der Waals surface area (Å²) in [4.78, 5) is 16.0. The standard InChI is InChI=1S/C11H11BrN2O3/c12-7-2-1-6-9(13-7)14-10(16)8(17-6)11(5-15)3-4-11/h1-2,8,15H,3-5H2,(H,13,14,16). The summed E-state index contributed by atoms with van der Waals surface area (Å²) in [5.41, 5.74) is -0.394. The highest BCUT2D eigenvalue weighted by atomic mass is 79.9. The fourth-order valence-electron chi connectivity index (χ4n) is 2.04. The lowest BCUT2D eigenvalue weighted by atomic mass is 9.98. The molecule has 2 heterocycles. The molecule has 1 atom stereocenters. The van der Waals surface area contributed by atoms with Crippen LogP contribution in [-0.4, -0.2) is 28.7 Å². The van der Waals surface area contributed by atoms with Crippen molar-refractivity contribution in [1.82, 2.24) is 4.98 Å². The molecule has 1 saturated carbocycles. The van der Waals surface area contributed by atoms with E-state index in [1.165, 1.54) is 0 Å². The van der Waals surface area contributed by atoms with Crippen molar-refractivity contribution in [2.24, 2.45) is 5.41 Å². The molecule has 0 radical (unpaired) electrons. The number of rotatable bonds is 2. The number of nitrogens with zero attached hydrogens (tertiary/aromatic N) is 1. The first-order valence-corrected chi connectivity index (χ1v) is 6.19. The lowest BCUT2D eigenvalue weighted by Crippen LogP contribution is -2.45. The summed E-state index contributed by atoms with van der Waals surface area (Å²) >= 11 is 3.23. The van der Waals surface area contributed by atoms with Crippen LogP contribution in [0, 0.1) is 5.41 Å². The monoisotopic (exact) mass is 298 g/mol. The second kappa shape index (κ2) is 3.68. The first kappa shape index (κ1) is 11.0. The number of aromatic nitrogens is 1. The molecule has 1 aromatic heterocycles. The third-order valence-corrected chi connectivity index (χ3v) is 3.75. The number of aliphatic hydroxyl groups is 1. The van der Waals surface area contributed by atoms with Gasteiger partial charge in [-0.05, 0) is 40.9 Å². The predicted molar refractivity (Wildman–Crippen MR) is 63.7 cm³/mol. The van der Waals surface area contributed by atoms with Crippen molar-refractivity contribution in [3.05, 3.63) is 16.7 Å². The lowest BCUT2D eigenvalue weighted by molar-refractivity contribution is -0.127. The molecule has 6 heteroatoms. The molecule has 1 aliphatic heterocycles. The van der Waals surface area contributed by atoms with Gasteiger partial charge >= 0.3 is 0 Å². The van der Waals surface area contributed by atoms with Crippen molar-refractivity contribution >= 4 is 27.7 Å². The van der Waals surface area contributed by atoms with Crippen LogP contribution in [0.2, 0.25) is 0 Å². The van der Waals surface area contributed by atoms with Crippen molar-refractivity contribution in [2.75, 3.05) is 11.9 Å². The molecule has 1 unspecified atom stereocenters. The van der Waals surface area contributed by atoms with E-state index in [2.05, 4.69) is 26.2 Å². The first-order chi connectivity index (χ1) is 8.14. The number of fused-ring (bicyclic) bond motifs is 1. The number of pyridine rings is 1. The van der Waals surface area contributed by atoms with E-state index in [9.17, 15) is 9.90 Å². The fourth-order valence-corrected chi connectivity index (χ4v) is 2.35. The molecule has 90 valence electrons. The third kappa shape index (κ3) is 1.71. The summed E-state index contributed by atoms with van der Waals surface area (Å²) in [6.45, 7) is -0.0234. The summed E-state index contributed by atoms with van der Waals surface area (Å²) in [6, 6.07) is 3.51. The van der Waals surface area contributed by atoms with Gasteiger partial charge in [-0.15, -0.1) is 0 Å². The van der Waals surface area contributed by atoms with Crippen LogP contribution in [-0.2, 0) is 4.79 Å². The van der Waals surface area contributed by atoms with Gasteiger partial charge in [-0.3, -0.25) is 4.79 Å². The maximum Gasteiger partial charge on any atom is 0.267 e. The molecule has 5 nitrogen and oxygen atoms in total. The molecular weight excluding hydrogens is 288 g/mol. The van der Waals surface area contributed by atoms with Gasteiger partial charge in [0.25, 0.3) is 5.91 Å². The summed E-state index contributed by atoms with van der Waals surface area (Å²) in [5, 5.41) is 12.1. The third-order valence-electron chi connectivity index (χ3n) is 3.31. The number of anilines is 1. The van der Waals surface area contributed by atoms with Crippen LogP contribution in [0.5, 0.6) is 5.75 Å². The Morgan fingerprint density at radius 3 is 3.00 bits per heavy atom. The van der Waals surface area contributed by atoms with Gasteiger partial charge in [0, 0.05) is 5.41 Å². The highest BCUT2D eigenvalue weighted by molar-refractivity contribution is 9.10. The molecule has 0 saturated heterocycles. The van der Waals surface area contributed by atoms with Gasteiger partial charge < -0.3 is 15.2 Å². The van der Waals surface area contributed by atoms with E-state index in [0.717, 1.165) is 12.8 Å². The number of hydrogen-bond acceptors (Lipinski definition) is 4. The summed E-state index contributed by atoms with van der Waals surface area (Å²) in [6.07, 6.45) is 1.03. The van der Waals surface area contributed by atoms with Crippen molar-refractivity contribution in [2.45, 2.75) is 18.9 Å². The molecule has 1 aliphatic carbocycles. The van der Waals surface area contributed by atoms with E-state index < -0.39 is 11.5 Å². The van der Waals surface area contributed by atoms with E-state index >= 15 is 0 Å². The minimum absolute atomic E-state index is 0.0234. The van der Waals surface area contributed by atoms with Gasteiger partial charge in [0.1, 0.15) is 4.60 Å².